The Labute approximate surface area is 172 Å². The van der Waals surface area contributed by atoms with Crippen LogP contribution in [0.3, 0.4) is 0 Å². The number of ether oxygens (including phenoxy) is 1. The molecule has 6 heteroatoms. The van der Waals surface area contributed by atoms with Gasteiger partial charge in [-0.15, -0.1) is 0 Å². The predicted molar refractivity (Wildman–Crippen MR) is 116 cm³/mol. The van der Waals surface area contributed by atoms with Crippen molar-refractivity contribution in [2.24, 2.45) is 7.05 Å². The summed E-state index contributed by atoms with van der Waals surface area (Å²) in [5.41, 5.74) is 5.19. The highest BCUT2D eigenvalue weighted by atomic mass is 35.5. The van der Waals surface area contributed by atoms with Gasteiger partial charge in [0.25, 0.3) is 0 Å². The maximum Gasteiger partial charge on any atom is 0.146 e. The fourth-order valence-corrected chi connectivity index (χ4v) is 3.89. The van der Waals surface area contributed by atoms with Gasteiger partial charge in [-0.05, 0) is 42.8 Å². The summed E-state index contributed by atoms with van der Waals surface area (Å²) in [5, 5.41) is 2.94. The molecule has 0 saturated carbocycles. The van der Waals surface area contributed by atoms with Gasteiger partial charge in [0, 0.05) is 47.0 Å². The first-order valence-corrected chi connectivity index (χ1v) is 9.74. The lowest BCUT2D eigenvalue weighted by Crippen LogP contribution is -2.02. The van der Waals surface area contributed by atoms with Crippen LogP contribution in [0.4, 0.5) is 0 Å². The number of rotatable bonds is 4. The van der Waals surface area contributed by atoms with Crippen molar-refractivity contribution in [1.29, 1.82) is 0 Å². The Bertz CT molecular complexity index is 1330. The molecule has 1 N–H and O–H groups in total. The van der Waals surface area contributed by atoms with Gasteiger partial charge in [0.15, 0.2) is 0 Å². The lowest BCUT2D eigenvalue weighted by atomic mass is 10.0. The number of H-pyrrole nitrogens is 1. The number of fused-ring (bicyclic) bond motifs is 3. The molecule has 0 fully saturated rings. The van der Waals surface area contributed by atoms with Gasteiger partial charge in [-0.2, -0.15) is 0 Å². The highest BCUT2D eigenvalue weighted by Gasteiger charge is 2.13. The van der Waals surface area contributed by atoms with Crippen molar-refractivity contribution in [2.45, 2.75) is 13.5 Å². The molecule has 3 heterocycles. The molecule has 5 aromatic rings. The summed E-state index contributed by atoms with van der Waals surface area (Å²) in [5.74, 6) is 1.68. The second-order valence-electron chi connectivity index (χ2n) is 7.09. The number of nitrogens with zero attached hydrogens (tertiary/aromatic N) is 3. The summed E-state index contributed by atoms with van der Waals surface area (Å²) in [6, 6.07) is 14.1. The second-order valence-corrected chi connectivity index (χ2v) is 7.52. The Morgan fingerprint density at radius 1 is 1.00 bits per heavy atom. The van der Waals surface area contributed by atoms with E-state index in [9.17, 15) is 0 Å². The van der Waals surface area contributed by atoms with Crippen LogP contribution in [0, 0.1) is 6.92 Å². The zero-order valence-electron chi connectivity index (χ0n) is 16.1. The lowest BCUT2D eigenvalue weighted by Gasteiger charge is -2.09. The van der Waals surface area contributed by atoms with Crippen LogP contribution in [-0.4, -0.2) is 19.5 Å². The van der Waals surface area contributed by atoms with Crippen molar-refractivity contribution in [3.8, 4) is 16.9 Å². The number of halogens is 1. The van der Waals surface area contributed by atoms with Gasteiger partial charge in [0.2, 0.25) is 0 Å². The topological polar surface area (TPSA) is 55.7 Å². The molecule has 5 rings (SSSR count). The summed E-state index contributed by atoms with van der Waals surface area (Å²) >= 11 is 6.46. The van der Waals surface area contributed by atoms with Crippen LogP contribution in [0.5, 0.6) is 5.75 Å². The minimum atomic E-state index is 0.429. The fraction of sp³-hybridized carbons (Fsp3) is 0.130. The number of nitrogens with one attached hydrogen (secondary N) is 1. The number of pyridine rings is 1. The normalized spacial score (nSPS) is 11.4. The number of benzene rings is 2. The summed E-state index contributed by atoms with van der Waals surface area (Å²) in [7, 11) is 1.96. The van der Waals surface area contributed by atoms with Crippen molar-refractivity contribution in [2.75, 3.05) is 0 Å². The summed E-state index contributed by atoms with van der Waals surface area (Å²) in [6.45, 7) is 2.44. The van der Waals surface area contributed by atoms with E-state index in [1.165, 1.54) is 0 Å². The molecule has 0 unspecified atom stereocenters. The first-order valence-electron chi connectivity index (χ1n) is 9.36. The SMILES string of the molecule is Cc1nccc2c1[nH]c1c(-c3ccc(OCc4nccn4C)cc3)cc(Cl)cc12. The van der Waals surface area contributed by atoms with Crippen molar-refractivity contribution >= 4 is 33.4 Å². The van der Waals surface area contributed by atoms with Crippen LogP contribution in [0.2, 0.25) is 5.02 Å². The molecule has 5 nitrogen and oxygen atoms in total. The van der Waals surface area contributed by atoms with E-state index in [1.54, 1.807) is 6.20 Å². The number of aromatic amines is 1. The molecular weight excluding hydrogens is 384 g/mol. The molecule has 0 aliphatic carbocycles. The van der Waals surface area contributed by atoms with Crippen LogP contribution >= 0.6 is 11.6 Å². The van der Waals surface area contributed by atoms with E-state index in [0.717, 1.165) is 50.2 Å². The van der Waals surface area contributed by atoms with Gasteiger partial charge < -0.3 is 14.3 Å². The van der Waals surface area contributed by atoms with Gasteiger partial charge in [0.1, 0.15) is 18.2 Å². The van der Waals surface area contributed by atoms with E-state index in [4.69, 9.17) is 16.3 Å². The van der Waals surface area contributed by atoms with Crippen molar-refractivity contribution in [1.82, 2.24) is 19.5 Å². The zero-order valence-corrected chi connectivity index (χ0v) is 16.9. The van der Waals surface area contributed by atoms with Crippen LogP contribution in [0.1, 0.15) is 11.5 Å². The van der Waals surface area contributed by atoms with E-state index in [2.05, 4.69) is 27.1 Å². The maximum absolute atomic E-state index is 6.46. The average molecular weight is 403 g/mol. The Balaban J connectivity index is 1.52. The fourth-order valence-electron chi connectivity index (χ4n) is 3.67. The Morgan fingerprint density at radius 3 is 2.59 bits per heavy atom. The Kier molecular flexibility index (Phi) is 4.25. The van der Waals surface area contributed by atoms with Crippen molar-refractivity contribution in [3.63, 3.8) is 0 Å². The lowest BCUT2D eigenvalue weighted by molar-refractivity contribution is 0.292. The molecule has 144 valence electrons. The van der Waals surface area contributed by atoms with Gasteiger partial charge in [-0.1, -0.05) is 23.7 Å². The van der Waals surface area contributed by atoms with E-state index >= 15 is 0 Å². The zero-order chi connectivity index (χ0) is 20.0. The van der Waals surface area contributed by atoms with Crippen LogP contribution in [0.15, 0.2) is 61.1 Å². The summed E-state index contributed by atoms with van der Waals surface area (Å²) < 4.78 is 7.82. The number of imidazole rings is 1. The number of hydrogen-bond acceptors (Lipinski definition) is 3. The van der Waals surface area contributed by atoms with E-state index in [0.29, 0.717) is 11.6 Å². The minimum Gasteiger partial charge on any atom is -0.486 e. The molecular formula is C23H19ClN4O. The highest BCUT2D eigenvalue weighted by molar-refractivity contribution is 6.32. The monoisotopic (exact) mass is 402 g/mol. The number of aryl methyl sites for hydroxylation is 2. The van der Waals surface area contributed by atoms with Gasteiger partial charge in [0.05, 0.1) is 16.7 Å². The van der Waals surface area contributed by atoms with E-state index in [1.807, 2.05) is 61.3 Å². The van der Waals surface area contributed by atoms with Gasteiger partial charge in [-0.3, -0.25) is 4.98 Å². The Morgan fingerprint density at radius 2 is 1.83 bits per heavy atom. The molecule has 0 aliphatic heterocycles. The predicted octanol–water partition coefficient (Wildman–Crippen LogP) is 5.66. The largest absolute Gasteiger partial charge is 0.486 e. The van der Waals surface area contributed by atoms with Crippen molar-refractivity contribution in [3.05, 3.63) is 77.6 Å². The Hall–Kier alpha value is -3.31. The molecule has 2 aromatic carbocycles. The summed E-state index contributed by atoms with van der Waals surface area (Å²) in [6.07, 6.45) is 5.51. The van der Waals surface area contributed by atoms with E-state index < -0.39 is 0 Å². The first kappa shape index (κ1) is 17.8. The smallest absolute Gasteiger partial charge is 0.146 e. The third-order valence-corrected chi connectivity index (χ3v) is 5.46. The summed E-state index contributed by atoms with van der Waals surface area (Å²) in [4.78, 5) is 12.2. The maximum atomic E-state index is 6.46. The second kappa shape index (κ2) is 6.94. The van der Waals surface area contributed by atoms with E-state index in [-0.39, 0.29) is 0 Å². The van der Waals surface area contributed by atoms with Crippen LogP contribution < -0.4 is 4.74 Å². The number of aromatic nitrogens is 4. The average Bonchev–Trinajstić information content (AvgIpc) is 3.30. The highest BCUT2D eigenvalue weighted by Crippen LogP contribution is 2.36. The van der Waals surface area contributed by atoms with Crippen molar-refractivity contribution < 1.29 is 4.74 Å². The molecule has 0 radical (unpaired) electrons. The van der Waals surface area contributed by atoms with Crippen LogP contribution in [-0.2, 0) is 13.7 Å². The molecule has 0 amide bonds. The molecule has 3 aromatic heterocycles. The quantitative estimate of drug-likeness (QED) is 0.422. The molecule has 0 aliphatic rings. The third kappa shape index (κ3) is 3.13. The molecule has 0 bridgehead atoms. The first-order chi connectivity index (χ1) is 14.1. The third-order valence-electron chi connectivity index (χ3n) is 5.24. The van der Waals surface area contributed by atoms with Crippen LogP contribution in [0.25, 0.3) is 32.9 Å². The number of hydrogen-bond donors (Lipinski definition) is 1. The molecule has 0 spiro atoms. The van der Waals surface area contributed by atoms with Gasteiger partial charge in [-0.25, -0.2) is 4.98 Å². The standard InChI is InChI=1S/C23H19ClN4O/c1-14-22-18(7-8-25-14)20-12-16(24)11-19(23(20)27-22)15-3-5-17(6-4-15)29-13-21-26-9-10-28(21)2/h3-12,27H,13H2,1-2H3. The molecule has 0 saturated heterocycles. The minimum absolute atomic E-state index is 0.429. The molecule has 29 heavy (non-hydrogen) atoms. The van der Waals surface area contributed by atoms with Gasteiger partial charge >= 0.3 is 0 Å². The molecule has 0 atom stereocenters.